The van der Waals surface area contributed by atoms with Crippen molar-refractivity contribution in [2.24, 2.45) is 7.05 Å². The van der Waals surface area contributed by atoms with Crippen molar-refractivity contribution in [3.05, 3.63) is 59.7 Å². The third kappa shape index (κ3) is 3.13. The number of carbonyl (C=O) groups is 1. The Morgan fingerprint density at radius 1 is 1.17 bits per heavy atom. The lowest BCUT2D eigenvalue weighted by Gasteiger charge is -2.04. The van der Waals surface area contributed by atoms with Crippen LogP contribution >= 0.6 is 0 Å². The first-order valence-corrected chi connectivity index (χ1v) is 6.83. The van der Waals surface area contributed by atoms with Crippen LogP contribution in [0.5, 0.6) is 0 Å². The first-order valence-electron chi connectivity index (χ1n) is 6.83. The van der Waals surface area contributed by atoms with Crippen molar-refractivity contribution >= 4 is 18.1 Å². The Kier molecular flexibility index (Phi) is 3.92. The summed E-state index contributed by atoms with van der Waals surface area (Å²) in [5, 5.41) is 16.9. The summed E-state index contributed by atoms with van der Waals surface area (Å²) < 4.78 is 1.58. The van der Waals surface area contributed by atoms with Crippen molar-refractivity contribution in [1.82, 2.24) is 25.0 Å². The van der Waals surface area contributed by atoms with E-state index in [1.165, 1.54) is 6.20 Å². The molecular formula is C16H13N5O2. The van der Waals surface area contributed by atoms with Crippen LogP contribution in [0, 0.1) is 0 Å². The van der Waals surface area contributed by atoms with E-state index < -0.39 is 5.97 Å². The predicted molar refractivity (Wildman–Crippen MR) is 84.4 cm³/mol. The molecule has 0 aliphatic heterocycles. The highest BCUT2D eigenvalue weighted by atomic mass is 16.4. The zero-order valence-electron chi connectivity index (χ0n) is 12.3. The van der Waals surface area contributed by atoms with E-state index in [-0.39, 0.29) is 5.56 Å². The van der Waals surface area contributed by atoms with Gasteiger partial charge in [0.15, 0.2) is 5.82 Å². The maximum absolute atomic E-state index is 11.4. The van der Waals surface area contributed by atoms with Gasteiger partial charge in [-0.05, 0) is 12.2 Å². The van der Waals surface area contributed by atoms with Gasteiger partial charge in [-0.3, -0.25) is 0 Å². The number of carboxylic acids is 1. The molecule has 1 aromatic carbocycles. The number of hydrogen-bond acceptors (Lipinski definition) is 5. The van der Waals surface area contributed by atoms with E-state index in [4.69, 9.17) is 0 Å². The fourth-order valence-corrected chi connectivity index (χ4v) is 2.03. The fourth-order valence-electron chi connectivity index (χ4n) is 2.03. The quantitative estimate of drug-likeness (QED) is 0.793. The fraction of sp³-hybridized carbons (Fsp3) is 0.0625. The lowest BCUT2D eigenvalue weighted by atomic mass is 10.1. The first-order chi connectivity index (χ1) is 11.1. The molecule has 1 N–H and O–H groups in total. The second-order valence-electron chi connectivity index (χ2n) is 4.78. The van der Waals surface area contributed by atoms with Gasteiger partial charge in [-0.2, -0.15) is 0 Å². The zero-order valence-corrected chi connectivity index (χ0v) is 12.3. The molecule has 0 radical (unpaired) electrons. The number of benzene rings is 1. The van der Waals surface area contributed by atoms with Gasteiger partial charge >= 0.3 is 5.97 Å². The lowest BCUT2D eigenvalue weighted by Crippen LogP contribution is -2.04. The maximum Gasteiger partial charge on any atom is 0.339 e. The van der Waals surface area contributed by atoms with Gasteiger partial charge in [0.25, 0.3) is 0 Å². The number of aromatic nitrogens is 5. The molecule has 0 saturated heterocycles. The third-order valence-corrected chi connectivity index (χ3v) is 3.24. The zero-order chi connectivity index (χ0) is 16.2. The highest BCUT2D eigenvalue weighted by Gasteiger charge is 2.12. The summed E-state index contributed by atoms with van der Waals surface area (Å²) in [7, 11) is 1.75. The van der Waals surface area contributed by atoms with Gasteiger partial charge < -0.3 is 5.11 Å². The molecule has 23 heavy (non-hydrogen) atoms. The largest absolute Gasteiger partial charge is 0.478 e. The van der Waals surface area contributed by atoms with E-state index in [9.17, 15) is 9.90 Å². The summed E-state index contributed by atoms with van der Waals surface area (Å²) in [6.45, 7) is 0. The van der Waals surface area contributed by atoms with Gasteiger partial charge in [-0.15, -0.1) is 5.10 Å². The van der Waals surface area contributed by atoms with Crippen LogP contribution < -0.4 is 0 Å². The third-order valence-electron chi connectivity index (χ3n) is 3.24. The van der Waals surface area contributed by atoms with Crippen molar-refractivity contribution in [2.45, 2.75) is 0 Å². The summed E-state index contributed by atoms with van der Waals surface area (Å²) in [5.41, 5.74) is 1.92. The number of aromatic carboxylic acids is 1. The molecule has 2 aromatic heterocycles. The molecule has 2 heterocycles. The average molecular weight is 307 g/mol. The number of rotatable bonds is 4. The Balaban J connectivity index is 2.04. The number of nitrogens with zero attached hydrogens (tertiary/aromatic N) is 5. The van der Waals surface area contributed by atoms with Crippen molar-refractivity contribution in [1.29, 1.82) is 0 Å². The van der Waals surface area contributed by atoms with Gasteiger partial charge in [0, 0.05) is 18.8 Å². The number of carboxylic acid groups (broad SMARTS) is 1. The lowest BCUT2D eigenvalue weighted by molar-refractivity contribution is 0.0695. The Bertz CT molecular complexity index is 871. The smallest absolute Gasteiger partial charge is 0.339 e. The van der Waals surface area contributed by atoms with Crippen LogP contribution in [0.3, 0.4) is 0 Å². The van der Waals surface area contributed by atoms with E-state index in [1.807, 2.05) is 30.3 Å². The molecule has 0 aliphatic rings. The monoisotopic (exact) mass is 307 g/mol. The summed E-state index contributed by atoms with van der Waals surface area (Å²) in [5.74, 6) is -0.606. The summed E-state index contributed by atoms with van der Waals surface area (Å²) in [6.07, 6.45) is 6.23. The summed E-state index contributed by atoms with van der Waals surface area (Å²) >= 11 is 0. The molecule has 0 atom stereocenters. The van der Waals surface area contributed by atoms with Crippen LogP contribution in [-0.2, 0) is 7.05 Å². The van der Waals surface area contributed by atoms with Crippen molar-refractivity contribution < 1.29 is 9.90 Å². The second kappa shape index (κ2) is 6.18. The molecule has 0 fully saturated rings. The van der Waals surface area contributed by atoms with Gasteiger partial charge in [-0.25, -0.2) is 19.4 Å². The predicted octanol–water partition coefficient (Wildman–Crippen LogP) is 2.14. The Morgan fingerprint density at radius 2 is 1.96 bits per heavy atom. The topological polar surface area (TPSA) is 93.8 Å². The summed E-state index contributed by atoms with van der Waals surface area (Å²) in [6, 6.07) is 9.38. The molecule has 0 unspecified atom stereocenters. The Labute approximate surface area is 132 Å². The van der Waals surface area contributed by atoms with Crippen molar-refractivity contribution in [2.75, 3.05) is 0 Å². The van der Waals surface area contributed by atoms with Crippen LogP contribution in [0.15, 0.2) is 42.7 Å². The summed E-state index contributed by atoms with van der Waals surface area (Å²) in [4.78, 5) is 19.9. The highest BCUT2D eigenvalue weighted by molar-refractivity contribution is 5.92. The molecule has 0 saturated carbocycles. The van der Waals surface area contributed by atoms with Crippen LogP contribution in [-0.4, -0.2) is 36.0 Å². The van der Waals surface area contributed by atoms with Crippen molar-refractivity contribution in [3.8, 4) is 11.4 Å². The van der Waals surface area contributed by atoms with Crippen LogP contribution in [0.4, 0.5) is 0 Å². The second-order valence-corrected chi connectivity index (χ2v) is 4.78. The van der Waals surface area contributed by atoms with Crippen LogP contribution in [0.2, 0.25) is 0 Å². The van der Waals surface area contributed by atoms with Gasteiger partial charge in [0.1, 0.15) is 5.56 Å². The minimum absolute atomic E-state index is 0.0380. The standard InChI is InChI=1S/C16H13N5O2/c1-21-12(9-18-20-21)7-8-14-13(16(22)23)10-17-15(19-14)11-5-3-2-4-6-11/h2-10H,1H3,(H,22,23)/b8-7+. The molecule has 3 aromatic rings. The van der Waals surface area contributed by atoms with E-state index in [1.54, 1.807) is 30.1 Å². The molecule has 0 amide bonds. The molecular weight excluding hydrogens is 294 g/mol. The Morgan fingerprint density at radius 3 is 2.61 bits per heavy atom. The normalized spacial score (nSPS) is 11.0. The Hall–Kier alpha value is -3.35. The van der Waals surface area contributed by atoms with Gasteiger partial charge in [0.05, 0.1) is 17.6 Å². The van der Waals surface area contributed by atoms with Crippen molar-refractivity contribution in [3.63, 3.8) is 0 Å². The van der Waals surface area contributed by atoms with Crippen LogP contribution in [0.1, 0.15) is 21.7 Å². The molecule has 114 valence electrons. The van der Waals surface area contributed by atoms with E-state index in [0.29, 0.717) is 11.5 Å². The van der Waals surface area contributed by atoms with Gasteiger partial charge in [0.2, 0.25) is 0 Å². The first kappa shape index (κ1) is 14.6. The molecule has 0 aliphatic carbocycles. The SMILES string of the molecule is Cn1nncc1/C=C/c1nc(-c2ccccc2)ncc1C(=O)O. The highest BCUT2D eigenvalue weighted by Crippen LogP contribution is 2.17. The number of hydrogen-bond donors (Lipinski definition) is 1. The molecule has 7 nitrogen and oxygen atoms in total. The van der Waals surface area contributed by atoms with Crippen LogP contribution in [0.25, 0.3) is 23.5 Å². The van der Waals surface area contributed by atoms with E-state index >= 15 is 0 Å². The van der Waals surface area contributed by atoms with E-state index in [0.717, 1.165) is 11.3 Å². The number of aryl methyl sites for hydroxylation is 1. The van der Waals surface area contributed by atoms with E-state index in [2.05, 4.69) is 20.3 Å². The minimum atomic E-state index is -1.08. The van der Waals surface area contributed by atoms with Gasteiger partial charge in [-0.1, -0.05) is 35.5 Å². The molecule has 7 heteroatoms. The average Bonchev–Trinajstić information content (AvgIpc) is 2.98. The molecule has 3 rings (SSSR count). The molecule has 0 bridgehead atoms. The molecule has 0 spiro atoms. The minimum Gasteiger partial charge on any atom is -0.478 e. The maximum atomic E-state index is 11.4.